The second-order valence-corrected chi connectivity index (χ2v) is 5.57. The van der Waals surface area contributed by atoms with Gasteiger partial charge in [-0.2, -0.15) is 5.10 Å². The van der Waals surface area contributed by atoms with Gasteiger partial charge in [0.05, 0.1) is 5.69 Å². The summed E-state index contributed by atoms with van der Waals surface area (Å²) in [4.78, 5) is 0. The van der Waals surface area contributed by atoms with Crippen LogP contribution >= 0.6 is 0 Å². The van der Waals surface area contributed by atoms with Crippen LogP contribution in [0.4, 0.5) is 0 Å². The van der Waals surface area contributed by atoms with Gasteiger partial charge >= 0.3 is 0 Å². The minimum Gasteiger partial charge on any atom is -0.312 e. The molecule has 0 aliphatic carbocycles. The predicted molar refractivity (Wildman–Crippen MR) is 79.9 cm³/mol. The fourth-order valence-electron chi connectivity index (χ4n) is 2.12. The molecular weight excluding hydrogens is 234 g/mol. The predicted octanol–water partition coefficient (Wildman–Crippen LogP) is 3.14. The number of hydrogen-bond donors (Lipinski definition) is 1. The second-order valence-electron chi connectivity index (χ2n) is 5.57. The molecule has 2 aromatic rings. The van der Waals surface area contributed by atoms with Gasteiger partial charge in [-0.25, -0.2) is 0 Å². The number of hydrogen-bond acceptors (Lipinski definition) is 2. The topological polar surface area (TPSA) is 29.9 Å². The van der Waals surface area contributed by atoms with Gasteiger partial charge in [-0.3, -0.25) is 4.68 Å². The van der Waals surface area contributed by atoms with E-state index >= 15 is 0 Å². The summed E-state index contributed by atoms with van der Waals surface area (Å²) < 4.78 is 1.89. The Morgan fingerprint density at radius 2 is 1.89 bits per heavy atom. The number of rotatable bonds is 5. The van der Waals surface area contributed by atoms with Crippen molar-refractivity contribution in [3.63, 3.8) is 0 Å². The van der Waals surface area contributed by atoms with Gasteiger partial charge in [-0.1, -0.05) is 43.7 Å². The molecule has 2 rings (SSSR count). The van der Waals surface area contributed by atoms with Crippen molar-refractivity contribution in [3.05, 3.63) is 41.6 Å². The van der Waals surface area contributed by atoms with Crippen LogP contribution in [0.3, 0.4) is 0 Å². The smallest absolute Gasteiger partial charge is 0.0967 e. The fourth-order valence-corrected chi connectivity index (χ4v) is 2.12. The third-order valence-electron chi connectivity index (χ3n) is 3.10. The highest BCUT2D eigenvalue weighted by Gasteiger charge is 2.09. The molecule has 1 N–H and O–H groups in total. The Morgan fingerprint density at radius 3 is 2.53 bits per heavy atom. The number of nitrogens with one attached hydrogen (secondary N) is 1. The van der Waals surface area contributed by atoms with E-state index in [9.17, 15) is 0 Å². The van der Waals surface area contributed by atoms with E-state index in [2.05, 4.69) is 61.6 Å². The standard InChI is InChI=1S/C16H23N3/c1-12(2)9-17-10-15-11-19(4)18-16(15)14-7-5-13(3)6-8-14/h5-8,11-12,17H,9-10H2,1-4H3. The van der Waals surface area contributed by atoms with Crippen molar-refractivity contribution in [2.24, 2.45) is 13.0 Å². The molecule has 0 saturated carbocycles. The molecule has 0 spiro atoms. The SMILES string of the molecule is Cc1ccc(-c2nn(C)cc2CNCC(C)C)cc1. The lowest BCUT2D eigenvalue weighted by Gasteiger charge is -2.07. The van der Waals surface area contributed by atoms with Crippen LogP contribution in [0.15, 0.2) is 30.5 Å². The first-order valence-electron chi connectivity index (χ1n) is 6.86. The lowest BCUT2D eigenvalue weighted by molar-refractivity contribution is 0.552. The minimum absolute atomic E-state index is 0.666. The maximum absolute atomic E-state index is 4.58. The number of nitrogens with zero attached hydrogens (tertiary/aromatic N) is 2. The quantitative estimate of drug-likeness (QED) is 0.891. The first kappa shape index (κ1) is 13.8. The first-order valence-corrected chi connectivity index (χ1v) is 6.86. The lowest BCUT2D eigenvalue weighted by atomic mass is 10.1. The van der Waals surface area contributed by atoms with Gasteiger partial charge in [-0.05, 0) is 19.4 Å². The molecule has 0 aliphatic rings. The Kier molecular flexibility index (Phi) is 4.38. The fraction of sp³-hybridized carbons (Fsp3) is 0.438. The van der Waals surface area contributed by atoms with Crippen LogP contribution in [0.2, 0.25) is 0 Å². The van der Waals surface area contributed by atoms with Crippen molar-refractivity contribution in [2.45, 2.75) is 27.3 Å². The zero-order valence-corrected chi connectivity index (χ0v) is 12.3. The summed E-state index contributed by atoms with van der Waals surface area (Å²) in [5.41, 5.74) is 4.80. The summed E-state index contributed by atoms with van der Waals surface area (Å²) in [6.45, 7) is 8.44. The average molecular weight is 257 g/mol. The van der Waals surface area contributed by atoms with E-state index in [-0.39, 0.29) is 0 Å². The van der Waals surface area contributed by atoms with Crippen molar-refractivity contribution in [1.29, 1.82) is 0 Å². The van der Waals surface area contributed by atoms with Crippen molar-refractivity contribution >= 4 is 0 Å². The maximum Gasteiger partial charge on any atom is 0.0967 e. The molecular formula is C16H23N3. The highest BCUT2D eigenvalue weighted by molar-refractivity contribution is 5.62. The molecule has 3 nitrogen and oxygen atoms in total. The van der Waals surface area contributed by atoms with E-state index in [4.69, 9.17) is 0 Å². The summed E-state index contributed by atoms with van der Waals surface area (Å²) in [5, 5.41) is 8.07. The molecule has 1 aromatic carbocycles. The summed E-state index contributed by atoms with van der Waals surface area (Å²) in [6.07, 6.45) is 2.10. The van der Waals surface area contributed by atoms with Crippen LogP contribution in [0.25, 0.3) is 11.3 Å². The van der Waals surface area contributed by atoms with E-state index < -0.39 is 0 Å². The van der Waals surface area contributed by atoms with Gasteiger partial charge in [-0.15, -0.1) is 0 Å². The Labute approximate surface area is 115 Å². The zero-order chi connectivity index (χ0) is 13.8. The Bertz CT molecular complexity index is 523. The second kappa shape index (κ2) is 6.02. The zero-order valence-electron chi connectivity index (χ0n) is 12.3. The summed E-state index contributed by atoms with van der Waals surface area (Å²) >= 11 is 0. The van der Waals surface area contributed by atoms with E-state index in [1.807, 2.05) is 11.7 Å². The Hall–Kier alpha value is -1.61. The van der Waals surface area contributed by atoms with Crippen LogP contribution in [0, 0.1) is 12.8 Å². The van der Waals surface area contributed by atoms with Gasteiger partial charge in [0.1, 0.15) is 0 Å². The molecule has 1 aromatic heterocycles. The molecule has 19 heavy (non-hydrogen) atoms. The average Bonchev–Trinajstić information content (AvgIpc) is 2.71. The molecule has 0 fully saturated rings. The summed E-state index contributed by atoms with van der Waals surface area (Å²) in [5.74, 6) is 0.666. The van der Waals surface area contributed by atoms with Crippen LogP contribution < -0.4 is 5.32 Å². The Balaban J connectivity index is 2.18. The van der Waals surface area contributed by atoms with Crippen LogP contribution in [-0.4, -0.2) is 16.3 Å². The highest BCUT2D eigenvalue weighted by atomic mass is 15.3. The van der Waals surface area contributed by atoms with Crippen LogP contribution in [-0.2, 0) is 13.6 Å². The number of aryl methyl sites for hydroxylation is 2. The first-order chi connectivity index (χ1) is 9.06. The van der Waals surface area contributed by atoms with Crippen molar-refractivity contribution in [3.8, 4) is 11.3 Å². The van der Waals surface area contributed by atoms with E-state index in [0.29, 0.717) is 5.92 Å². The molecule has 0 amide bonds. The summed E-state index contributed by atoms with van der Waals surface area (Å²) in [6, 6.07) is 8.55. The molecule has 0 radical (unpaired) electrons. The van der Waals surface area contributed by atoms with Gasteiger partial charge in [0.15, 0.2) is 0 Å². The van der Waals surface area contributed by atoms with Crippen LogP contribution in [0.1, 0.15) is 25.0 Å². The number of benzene rings is 1. The molecule has 0 bridgehead atoms. The van der Waals surface area contributed by atoms with Gasteiger partial charge in [0, 0.05) is 30.9 Å². The summed E-state index contributed by atoms with van der Waals surface area (Å²) in [7, 11) is 1.98. The molecule has 0 aliphatic heterocycles. The molecule has 0 unspecified atom stereocenters. The molecule has 0 saturated heterocycles. The monoisotopic (exact) mass is 257 g/mol. The van der Waals surface area contributed by atoms with E-state index in [1.54, 1.807) is 0 Å². The van der Waals surface area contributed by atoms with Crippen molar-refractivity contribution in [1.82, 2.24) is 15.1 Å². The lowest BCUT2D eigenvalue weighted by Crippen LogP contribution is -2.19. The molecule has 0 atom stereocenters. The number of aromatic nitrogens is 2. The highest BCUT2D eigenvalue weighted by Crippen LogP contribution is 2.22. The molecule has 102 valence electrons. The van der Waals surface area contributed by atoms with E-state index in [1.165, 1.54) is 16.7 Å². The van der Waals surface area contributed by atoms with Gasteiger partial charge in [0.25, 0.3) is 0 Å². The third kappa shape index (κ3) is 3.67. The largest absolute Gasteiger partial charge is 0.312 e. The van der Waals surface area contributed by atoms with Gasteiger partial charge < -0.3 is 5.32 Å². The normalized spacial score (nSPS) is 11.2. The molecule has 3 heteroatoms. The molecule has 1 heterocycles. The van der Waals surface area contributed by atoms with Crippen LogP contribution in [0.5, 0.6) is 0 Å². The minimum atomic E-state index is 0.666. The third-order valence-corrected chi connectivity index (χ3v) is 3.10. The van der Waals surface area contributed by atoms with Crippen molar-refractivity contribution in [2.75, 3.05) is 6.54 Å². The van der Waals surface area contributed by atoms with E-state index in [0.717, 1.165) is 18.8 Å². The van der Waals surface area contributed by atoms with Crippen molar-refractivity contribution < 1.29 is 0 Å². The Morgan fingerprint density at radius 1 is 1.21 bits per heavy atom. The maximum atomic E-state index is 4.58. The van der Waals surface area contributed by atoms with Gasteiger partial charge in [0.2, 0.25) is 0 Å².